The standard InChI is InChI=1S/C20H18FN5O3/c21-14-11-23-20(25-15-3-1-12(5-7-27)9-17(15)28)26-19(14)24-13-2-4-18-16(10-13)22-6-8-29-18/h1-4,6,9-11,27-28H,5,7-8H2,(H2,23,24,25,26). The van der Waals surface area contributed by atoms with Gasteiger partial charge in [0.05, 0.1) is 11.9 Å². The summed E-state index contributed by atoms with van der Waals surface area (Å²) in [6.45, 7) is 0.408. The predicted molar refractivity (Wildman–Crippen MR) is 108 cm³/mol. The van der Waals surface area contributed by atoms with Gasteiger partial charge in [-0.05, 0) is 42.3 Å². The smallest absolute Gasteiger partial charge is 0.229 e. The number of phenols is 1. The summed E-state index contributed by atoms with van der Waals surface area (Å²) in [6, 6.07) is 10.2. The van der Waals surface area contributed by atoms with Gasteiger partial charge >= 0.3 is 0 Å². The SMILES string of the molecule is OCCc1ccc(Nc2ncc(F)c(Nc3ccc4c(c3)N=CCO4)n2)c(O)c1. The third-order valence-corrected chi connectivity index (χ3v) is 4.22. The number of ether oxygens (including phenoxy) is 1. The largest absolute Gasteiger partial charge is 0.506 e. The zero-order valence-electron chi connectivity index (χ0n) is 15.3. The number of fused-ring (bicyclic) bond motifs is 1. The van der Waals surface area contributed by atoms with Gasteiger partial charge in [0.1, 0.15) is 23.8 Å². The molecule has 0 bridgehead atoms. The van der Waals surface area contributed by atoms with E-state index in [1.54, 1.807) is 36.5 Å². The number of anilines is 4. The number of aromatic nitrogens is 2. The fourth-order valence-corrected chi connectivity index (χ4v) is 2.82. The molecule has 0 radical (unpaired) electrons. The molecule has 4 rings (SSSR count). The van der Waals surface area contributed by atoms with Crippen molar-refractivity contribution in [3.63, 3.8) is 0 Å². The first-order valence-corrected chi connectivity index (χ1v) is 8.91. The van der Waals surface area contributed by atoms with Crippen molar-refractivity contribution in [1.29, 1.82) is 0 Å². The minimum absolute atomic E-state index is 0.0115. The quantitative estimate of drug-likeness (QED) is 0.473. The number of nitrogens with one attached hydrogen (secondary N) is 2. The number of aromatic hydroxyl groups is 1. The Kier molecular flexibility index (Phi) is 5.21. The Morgan fingerprint density at radius 2 is 2.03 bits per heavy atom. The molecule has 0 atom stereocenters. The molecule has 9 heteroatoms. The second kappa shape index (κ2) is 8.11. The molecule has 0 fully saturated rings. The van der Waals surface area contributed by atoms with Crippen molar-refractivity contribution in [2.24, 2.45) is 4.99 Å². The number of aliphatic hydroxyl groups is 1. The summed E-state index contributed by atoms with van der Waals surface area (Å²) in [5, 5.41) is 24.9. The van der Waals surface area contributed by atoms with Crippen LogP contribution in [-0.4, -0.2) is 39.6 Å². The van der Waals surface area contributed by atoms with E-state index in [2.05, 4.69) is 25.6 Å². The molecular weight excluding hydrogens is 377 g/mol. The van der Waals surface area contributed by atoms with Crippen LogP contribution in [0.1, 0.15) is 5.56 Å². The lowest BCUT2D eigenvalue weighted by atomic mass is 10.1. The molecule has 4 N–H and O–H groups in total. The van der Waals surface area contributed by atoms with Gasteiger partial charge in [-0.1, -0.05) is 6.07 Å². The number of phenolic OH excluding ortho intramolecular Hbond substituents is 1. The van der Waals surface area contributed by atoms with Gasteiger partial charge in [0, 0.05) is 18.5 Å². The van der Waals surface area contributed by atoms with Crippen LogP contribution in [0.15, 0.2) is 47.6 Å². The van der Waals surface area contributed by atoms with Gasteiger partial charge in [-0.3, -0.25) is 4.99 Å². The number of rotatable bonds is 6. The third kappa shape index (κ3) is 4.25. The second-order valence-corrected chi connectivity index (χ2v) is 6.27. The van der Waals surface area contributed by atoms with Crippen molar-refractivity contribution in [3.8, 4) is 11.5 Å². The Morgan fingerprint density at radius 1 is 1.14 bits per heavy atom. The molecule has 29 heavy (non-hydrogen) atoms. The highest BCUT2D eigenvalue weighted by Crippen LogP contribution is 2.33. The molecule has 0 saturated carbocycles. The fraction of sp³-hybridized carbons (Fsp3) is 0.150. The van der Waals surface area contributed by atoms with E-state index >= 15 is 0 Å². The van der Waals surface area contributed by atoms with E-state index in [4.69, 9.17) is 9.84 Å². The van der Waals surface area contributed by atoms with E-state index in [0.29, 0.717) is 35.8 Å². The zero-order valence-corrected chi connectivity index (χ0v) is 15.3. The number of aliphatic imine (C=N–C) groups is 1. The minimum Gasteiger partial charge on any atom is -0.506 e. The molecule has 0 aliphatic carbocycles. The minimum atomic E-state index is -0.629. The number of nitrogens with zero attached hydrogens (tertiary/aromatic N) is 3. The summed E-state index contributed by atoms with van der Waals surface area (Å²) in [5.74, 6) is 0.0862. The molecule has 148 valence electrons. The van der Waals surface area contributed by atoms with Crippen LogP contribution < -0.4 is 15.4 Å². The summed E-state index contributed by atoms with van der Waals surface area (Å²) >= 11 is 0. The molecule has 2 aromatic carbocycles. The van der Waals surface area contributed by atoms with Gasteiger partial charge in [0.25, 0.3) is 0 Å². The van der Waals surface area contributed by atoms with Gasteiger partial charge in [-0.15, -0.1) is 0 Å². The molecule has 2 heterocycles. The molecule has 1 aliphatic rings. The van der Waals surface area contributed by atoms with Gasteiger partial charge in [0.15, 0.2) is 11.6 Å². The highest BCUT2D eigenvalue weighted by atomic mass is 19.1. The lowest BCUT2D eigenvalue weighted by Crippen LogP contribution is -2.05. The summed E-state index contributed by atoms with van der Waals surface area (Å²) in [5.41, 5.74) is 2.38. The van der Waals surface area contributed by atoms with Crippen LogP contribution in [0.4, 0.5) is 33.2 Å². The maximum atomic E-state index is 14.2. The van der Waals surface area contributed by atoms with Crippen molar-refractivity contribution in [2.75, 3.05) is 23.8 Å². The molecular formula is C20H18FN5O3. The summed E-state index contributed by atoms with van der Waals surface area (Å²) < 4.78 is 19.7. The Morgan fingerprint density at radius 3 is 2.86 bits per heavy atom. The molecule has 0 unspecified atom stereocenters. The van der Waals surface area contributed by atoms with Gasteiger partial charge in [-0.2, -0.15) is 4.98 Å². The average molecular weight is 395 g/mol. The molecule has 3 aromatic rings. The topological polar surface area (TPSA) is 112 Å². The Balaban J connectivity index is 1.54. The van der Waals surface area contributed by atoms with E-state index in [9.17, 15) is 9.50 Å². The van der Waals surface area contributed by atoms with Crippen LogP contribution in [-0.2, 0) is 6.42 Å². The molecule has 1 aliphatic heterocycles. The lowest BCUT2D eigenvalue weighted by Gasteiger charge is -2.14. The number of aliphatic hydroxyl groups excluding tert-OH is 1. The Hall–Kier alpha value is -3.72. The molecule has 8 nitrogen and oxygen atoms in total. The summed E-state index contributed by atoms with van der Waals surface area (Å²) in [7, 11) is 0. The first-order valence-electron chi connectivity index (χ1n) is 8.91. The highest BCUT2D eigenvalue weighted by Gasteiger charge is 2.12. The molecule has 0 spiro atoms. The van der Waals surface area contributed by atoms with Gasteiger partial charge in [-0.25, -0.2) is 9.37 Å². The first kappa shape index (κ1) is 18.6. The number of halogens is 1. The maximum absolute atomic E-state index is 14.2. The summed E-state index contributed by atoms with van der Waals surface area (Å²) in [4.78, 5) is 12.3. The first-order chi connectivity index (χ1) is 14.1. The predicted octanol–water partition coefficient (Wildman–Crippen LogP) is 3.44. The average Bonchev–Trinajstić information content (AvgIpc) is 2.72. The van der Waals surface area contributed by atoms with Crippen molar-refractivity contribution >= 4 is 35.0 Å². The van der Waals surface area contributed by atoms with E-state index in [0.717, 1.165) is 11.8 Å². The van der Waals surface area contributed by atoms with Crippen LogP contribution >= 0.6 is 0 Å². The number of benzene rings is 2. The van der Waals surface area contributed by atoms with Crippen LogP contribution in [0.3, 0.4) is 0 Å². The van der Waals surface area contributed by atoms with E-state index < -0.39 is 5.82 Å². The Bertz CT molecular complexity index is 1070. The van der Waals surface area contributed by atoms with Crippen molar-refractivity contribution in [3.05, 3.63) is 54.0 Å². The zero-order chi connectivity index (χ0) is 20.2. The lowest BCUT2D eigenvalue weighted by molar-refractivity contribution is 0.299. The van der Waals surface area contributed by atoms with E-state index in [-0.39, 0.29) is 24.1 Å². The van der Waals surface area contributed by atoms with Crippen LogP contribution in [0, 0.1) is 5.82 Å². The van der Waals surface area contributed by atoms with Crippen LogP contribution in [0.2, 0.25) is 0 Å². The van der Waals surface area contributed by atoms with Crippen LogP contribution in [0.25, 0.3) is 0 Å². The monoisotopic (exact) mass is 395 g/mol. The normalized spacial score (nSPS) is 12.2. The van der Waals surface area contributed by atoms with Crippen molar-refractivity contribution < 1.29 is 19.3 Å². The van der Waals surface area contributed by atoms with E-state index in [1.165, 1.54) is 6.07 Å². The second-order valence-electron chi connectivity index (χ2n) is 6.27. The van der Waals surface area contributed by atoms with Crippen molar-refractivity contribution in [1.82, 2.24) is 9.97 Å². The Labute approximate surface area is 165 Å². The highest BCUT2D eigenvalue weighted by molar-refractivity contribution is 5.74. The van der Waals surface area contributed by atoms with Gasteiger partial charge < -0.3 is 25.6 Å². The molecule has 1 aromatic heterocycles. The van der Waals surface area contributed by atoms with Crippen LogP contribution in [0.5, 0.6) is 11.5 Å². The summed E-state index contributed by atoms with van der Waals surface area (Å²) in [6.07, 6.45) is 3.12. The molecule has 0 saturated heterocycles. The van der Waals surface area contributed by atoms with Gasteiger partial charge in [0.2, 0.25) is 5.95 Å². The maximum Gasteiger partial charge on any atom is 0.229 e. The van der Waals surface area contributed by atoms with Crippen molar-refractivity contribution in [2.45, 2.75) is 6.42 Å². The number of hydrogen-bond acceptors (Lipinski definition) is 8. The third-order valence-electron chi connectivity index (χ3n) is 4.22. The van der Waals surface area contributed by atoms with E-state index in [1.807, 2.05) is 0 Å². The fourth-order valence-electron chi connectivity index (χ4n) is 2.82. The number of hydrogen-bond donors (Lipinski definition) is 4. The molecule has 0 amide bonds.